The quantitative estimate of drug-likeness (QED) is 0.696. The summed E-state index contributed by atoms with van der Waals surface area (Å²) in [5, 5.41) is 8.70. The summed E-state index contributed by atoms with van der Waals surface area (Å²) in [7, 11) is 0. The van der Waals surface area contributed by atoms with E-state index in [-0.39, 0.29) is 0 Å². The first-order valence-electron chi connectivity index (χ1n) is 6.88. The first-order chi connectivity index (χ1) is 9.43. The lowest BCUT2D eigenvalue weighted by atomic mass is 10.1. The van der Waals surface area contributed by atoms with E-state index in [1.807, 2.05) is 0 Å². The van der Waals surface area contributed by atoms with E-state index in [1.165, 1.54) is 27.4 Å². The molecule has 3 aromatic rings. The van der Waals surface area contributed by atoms with Crippen LogP contribution in [0.4, 0.5) is 5.82 Å². The summed E-state index contributed by atoms with van der Waals surface area (Å²) in [4.78, 5) is 5.91. The fourth-order valence-corrected chi connectivity index (χ4v) is 3.03. The highest BCUT2D eigenvalue weighted by molar-refractivity contribution is 6.11. The Bertz CT molecular complexity index is 723. The van der Waals surface area contributed by atoms with E-state index >= 15 is 0 Å². The molecule has 2 aromatic carbocycles. The number of fused-ring (bicyclic) bond motifs is 3. The summed E-state index contributed by atoms with van der Waals surface area (Å²) in [6, 6.07) is 13.0. The molecular weight excluding hydrogens is 234 g/mol. The van der Waals surface area contributed by atoms with Gasteiger partial charge < -0.3 is 15.2 Å². The van der Waals surface area contributed by atoms with Crippen LogP contribution in [0.25, 0.3) is 21.5 Å². The number of piperazine rings is 1. The molecule has 0 spiro atoms. The summed E-state index contributed by atoms with van der Waals surface area (Å²) < 4.78 is 0. The number of rotatable bonds is 1. The molecule has 96 valence electrons. The Morgan fingerprint density at radius 1 is 0.842 bits per heavy atom. The van der Waals surface area contributed by atoms with E-state index in [0.29, 0.717) is 0 Å². The molecule has 0 unspecified atom stereocenters. The van der Waals surface area contributed by atoms with Gasteiger partial charge in [-0.1, -0.05) is 36.4 Å². The fraction of sp³-hybridized carbons (Fsp3) is 0.250. The SMILES string of the molecule is c1ccc2c(c1)ccc1c(N3CCNCC3)[nH]cc12. The third kappa shape index (κ3) is 1.70. The van der Waals surface area contributed by atoms with Crippen molar-refractivity contribution in [1.82, 2.24) is 10.3 Å². The first-order valence-corrected chi connectivity index (χ1v) is 6.88. The van der Waals surface area contributed by atoms with Crippen molar-refractivity contribution >= 4 is 27.4 Å². The monoisotopic (exact) mass is 251 g/mol. The summed E-state index contributed by atoms with van der Waals surface area (Å²) in [5.41, 5.74) is 0. The fourth-order valence-electron chi connectivity index (χ4n) is 3.03. The number of nitrogens with zero attached hydrogens (tertiary/aromatic N) is 1. The lowest BCUT2D eigenvalue weighted by Crippen LogP contribution is -2.43. The van der Waals surface area contributed by atoms with Crippen LogP contribution in [0.1, 0.15) is 0 Å². The molecule has 3 nitrogen and oxygen atoms in total. The van der Waals surface area contributed by atoms with Gasteiger partial charge >= 0.3 is 0 Å². The van der Waals surface area contributed by atoms with Crippen LogP contribution in [0.2, 0.25) is 0 Å². The number of aromatic amines is 1. The Hall–Kier alpha value is -2.00. The molecule has 2 N–H and O–H groups in total. The van der Waals surface area contributed by atoms with Crippen molar-refractivity contribution in [2.24, 2.45) is 0 Å². The number of aromatic nitrogens is 1. The van der Waals surface area contributed by atoms with Crippen LogP contribution < -0.4 is 10.2 Å². The second-order valence-corrected chi connectivity index (χ2v) is 5.12. The predicted octanol–water partition coefficient (Wildman–Crippen LogP) is 2.73. The smallest absolute Gasteiger partial charge is 0.114 e. The maximum atomic E-state index is 3.47. The Kier molecular flexibility index (Phi) is 2.45. The van der Waals surface area contributed by atoms with Crippen molar-refractivity contribution in [3.63, 3.8) is 0 Å². The minimum atomic E-state index is 1.06. The number of hydrogen-bond donors (Lipinski definition) is 2. The van der Waals surface area contributed by atoms with E-state index < -0.39 is 0 Å². The molecule has 0 saturated carbocycles. The van der Waals surface area contributed by atoms with Crippen LogP contribution in [0, 0.1) is 0 Å². The van der Waals surface area contributed by atoms with Crippen LogP contribution in [0.15, 0.2) is 42.6 Å². The van der Waals surface area contributed by atoms with Crippen LogP contribution >= 0.6 is 0 Å². The zero-order valence-corrected chi connectivity index (χ0v) is 10.8. The number of anilines is 1. The van der Waals surface area contributed by atoms with E-state index in [9.17, 15) is 0 Å². The highest BCUT2D eigenvalue weighted by atomic mass is 15.2. The average Bonchev–Trinajstić information content (AvgIpc) is 2.92. The van der Waals surface area contributed by atoms with Gasteiger partial charge in [0.05, 0.1) is 0 Å². The summed E-state index contributed by atoms with van der Waals surface area (Å²) >= 11 is 0. The molecule has 1 fully saturated rings. The van der Waals surface area contributed by atoms with Gasteiger partial charge in [0.1, 0.15) is 5.82 Å². The molecule has 0 amide bonds. The highest BCUT2D eigenvalue weighted by Crippen LogP contribution is 2.31. The minimum Gasteiger partial charge on any atom is -0.355 e. The predicted molar refractivity (Wildman–Crippen MR) is 80.9 cm³/mol. The van der Waals surface area contributed by atoms with Crippen LogP contribution in [0.5, 0.6) is 0 Å². The average molecular weight is 251 g/mol. The zero-order chi connectivity index (χ0) is 12.7. The molecule has 4 rings (SSSR count). The highest BCUT2D eigenvalue weighted by Gasteiger charge is 2.15. The number of benzene rings is 2. The number of H-pyrrole nitrogens is 1. The van der Waals surface area contributed by atoms with Gasteiger partial charge in [0.25, 0.3) is 0 Å². The van der Waals surface area contributed by atoms with Crippen LogP contribution in [-0.2, 0) is 0 Å². The third-order valence-corrected chi connectivity index (χ3v) is 4.01. The lowest BCUT2D eigenvalue weighted by molar-refractivity contribution is 0.587. The van der Waals surface area contributed by atoms with Crippen molar-refractivity contribution in [3.05, 3.63) is 42.6 Å². The molecule has 1 aromatic heterocycles. The topological polar surface area (TPSA) is 31.1 Å². The number of nitrogens with one attached hydrogen (secondary N) is 2. The van der Waals surface area contributed by atoms with E-state index in [1.54, 1.807) is 0 Å². The Morgan fingerprint density at radius 2 is 1.68 bits per heavy atom. The maximum Gasteiger partial charge on any atom is 0.114 e. The maximum absolute atomic E-state index is 3.47. The molecule has 0 bridgehead atoms. The van der Waals surface area contributed by atoms with E-state index in [4.69, 9.17) is 0 Å². The van der Waals surface area contributed by atoms with Crippen LogP contribution in [-0.4, -0.2) is 31.2 Å². The van der Waals surface area contributed by atoms with Crippen molar-refractivity contribution in [2.45, 2.75) is 0 Å². The summed E-state index contributed by atoms with van der Waals surface area (Å²) in [6.07, 6.45) is 2.15. The third-order valence-electron chi connectivity index (χ3n) is 4.01. The number of hydrogen-bond acceptors (Lipinski definition) is 2. The van der Waals surface area contributed by atoms with Crippen LogP contribution in [0.3, 0.4) is 0 Å². The molecule has 1 aliphatic heterocycles. The van der Waals surface area contributed by atoms with Gasteiger partial charge in [-0.2, -0.15) is 0 Å². The molecule has 3 heteroatoms. The molecular formula is C16H17N3. The van der Waals surface area contributed by atoms with Gasteiger partial charge in [0, 0.05) is 43.1 Å². The van der Waals surface area contributed by atoms with Crippen molar-refractivity contribution < 1.29 is 0 Å². The Balaban J connectivity index is 1.91. The van der Waals surface area contributed by atoms with Gasteiger partial charge in [-0.05, 0) is 10.8 Å². The second kappa shape index (κ2) is 4.28. The Labute approximate surface area is 112 Å². The summed E-state index contributed by atoms with van der Waals surface area (Å²) in [5.74, 6) is 1.27. The lowest BCUT2D eigenvalue weighted by Gasteiger charge is -2.28. The molecule has 0 radical (unpaired) electrons. The standard InChI is InChI=1S/C16H17N3/c1-2-4-13-12(3-1)5-6-14-15(13)11-18-16(14)19-9-7-17-8-10-19/h1-6,11,17-18H,7-10H2. The van der Waals surface area contributed by atoms with Crippen molar-refractivity contribution in [3.8, 4) is 0 Å². The van der Waals surface area contributed by atoms with Crippen molar-refractivity contribution in [2.75, 3.05) is 31.1 Å². The van der Waals surface area contributed by atoms with E-state index in [2.05, 4.69) is 57.8 Å². The van der Waals surface area contributed by atoms with Gasteiger partial charge in [-0.15, -0.1) is 0 Å². The molecule has 0 aliphatic carbocycles. The summed E-state index contributed by atoms with van der Waals surface area (Å²) in [6.45, 7) is 4.27. The minimum absolute atomic E-state index is 1.06. The Morgan fingerprint density at radius 3 is 2.58 bits per heavy atom. The van der Waals surface area contributed by atoms with Gasteiger partial charge in [0.15, 0.2) is 0 Å². The molecule has 0 atom stereocenters. The normalized spacial score (nSPS) is 16.3. The zero-order valence-electron chi connectivity index (χ0n) is 10.8. The van der Waals surface area contributed by atoms with E-state index in [0.717, 1.165) is 26.2 Å². The van der Waals surface area contributed by atoms with Gasteiger partial charge in [0.2, 0.25) is 0 Å². The largest absolute Gasteiger partial charge is 0.355 e. The molecule has 2 heterocycles. The molecule has 1 aliphatic rings. The van der Waals surface area contributed by atoms with Gasteiger partial charge in [-0.25, -0.2) is 0 Å². The van der Waals surface area contributed by atoms with Crippen molar-refractivity contribution in [1.29, 1.82) is 0 Å². The second-order valence-electron chi connectivity index (χ2n) is 5.12. The first kappa shape index (κ1) is 10.9. The molecule has 1 saturated heterocycles. The van der Waals surface area contributed by atoms with Gasteiger partial charge in [-0.3, -0.25) is 0 Å². The molecule has 19 heavy (non-hydrogen) atoms.